The van der Waals surface area contributed by atoms with E-state index in [1.54, 1.807) is 0 Å². The normalized spacial score (nSPS) is 45.4. The maximum absolute atomic E-state index is 12.6. The Morgan fingerprint density at radius 1 is 1.19 bits per heavy atom. The maximum atomic E-state index is 12.6. The topological polar surface area (TPSA) is 63.6 Å². The highest BCUT2D eigenvalue weighted by Crippen LogP contribution is 2.66. The summed E-state index contributed by atoms with van der Waals surface area (Å²) in [6.45, 7) is 8.07. The Morgan fingerprint density at radius 3 is 2.59 bits per heavy atom. The number of hydrogen-bond acceptors (Lipinski definition) is 4. The lowest BCUT2D eigenvalue weighted by molar-refractivity contribution is -0.158. The predicted octanol–water partition coefficient (Wildman–Crippen LogP) is 4.06. The van der Waals surface area contributed by atoms with Gasteiger partial charge in [-0.3, -0.25) is 9.59 Å². The van der Waals surface area contributed by atoms with Crippen LogP contribution in [0, 0.1) is 34.0 Å². The number of carbonyl (C=O) groups is 2. The van der Waals surface area contributed by atoms with Gasteiger partial charge in [0.2, 0.25) is 0 Å². The summed E-state index contributed by atoms with van der Waals surface area (Å²) in [5.74, 6) is 1.62. The van der Waals surface area contributed by atoms with Crippen molar-refractivity contribution in [2.45, 2.75) is 78.7 Å². The van der Waals surface area contributed by atoms with Gasteiger partial charge in [0.1, 0.15) is 11.9 Å². The zero-order valence-corrected chi connectivity index (χ0v) is 17.2. The summed E-state index contributed by atoms with van der Waals surface area (Å²) in [7, 11) is 0. The second kappa shape index (κ2) is 6.17. The van der Waals surface area contributed by atoms with Gasteiger partial charge in [-0.2, -0.15) is 0 Å². The van der Waals surface area contributed by atoms with Crippen LogP contribution in [0.5, 0.6) is 0 Å². The third-order valence-corrected chi connectivity index (χ3v) is 8.95. The fourth-order valence-electron chi connectivity index (χ4n) is 7.58. The standard InChI is InChI=1S/C23H34O4/c1-14(25)27-20-8-6-16-15-5-7-18-21(2,3)19(26)10-12-23(18,13-24)17(15)9-11-22(16,20)4/h7,15-17,20,24H,5-6,8-13H2,1-4H3. The van der Waals surface area contributed by atoms with Crippen LogP contribution in [-0.4, -0.2) is 29.6 Å². The van der Waals surface area contributed by atoms with Crippen molar-refractivity contribution in [3.05, 3.63) is 11.6 Å². The molecule has 0 bridgehead atoms. The van der Waals surface area contributed by atoms with Crippen LogP contribution >= 0.6 is 0 Å². The minimum absolute atomic E-state index is 0.0285. The van der Waals surface area contributed by atoms with Gasteiger partial charge in [0, 0.05) is 29.6 Å². The molecule has 6 atom stereocenters. The zero-order chi connectivity index (χ0) is 19.6. The van der Waals surface area contributed by atoms with Crippen molar-refractivity contribution in [2.24, 2.45) is 34.0 Å². The molecule has 1 N–H and O–H groups in total. The minimum atomic E-state index is -0.456. The summed E-state index contributed by atoms with van der Waals surface area (Å²) in [6.07, 6.45) is 8.84. The lowest BCUT2D eigenvalue weighted by Gasteiger charge is -2.60. The van der Waals surface area contributed by atoms with Crippen molar-refractivity contribution in [1.82, 2.24) is 0 Å². The molecule has 150 valence electrons. The number of ketones is 1. The lowest BCUT2D eigenvalue weighted by Crippen LogP contribution is -2.56. The maximum Gasteiger partial charge on any atom is 0.302 e. The van der Waals surface area contributed by atoms with Gasteiger partial charge in [0.15, 0.2) is 0 Å². The van der Waals surface area contributed by atoms with Crippen molar-refractivity contribution in [1.29, 1.82) is 0 Å². The lowest BCUT2D eigenvalue weighted by atomic mass is 9.44. The average Bonchev–Trinajstić information content (AvgIpc) is 2.94. The Hall–Kier alpha value is -1.16. The van der Waals surface area contributed by atoms with E-state index in [1.165, 1.54) is 12.5 Å². The minimum Gasteiger partial charge on any atom is -0.462 e. The molecule has 3 fully saturated rings. The van der Waals surface area contributed by atoms with Gasteiger partial charge in [-0.1, -0.05) is 18.6 Å². The first-order valence-electron chi connectivity index (χ1n) is 10.7. The molecular weight excluding hydrogens is 340 g/mol. The molecule has 6 unspecified atom stereocenters. The van der Waals surface area contributed by atoms with E-state index in [1.807, 2.05) is 13.8 Å². The van der Waals surface area contributed by atoms with Crippen LogP contribution < -0.4 is 0 Å². The van der Waals surface area contributed by atoms with Gasteiger partial charge in [0.25, 0.3) is 0 Å². The fraction of sp³-hybridized carbons (Fsp3) is 0.826. The highest BCUT2D eigenvalue weighted by Gasteiger charge is 2.62. The van der Waals surface area contributed by atoms with Gasteiger partial charge in [-0.15, -0.1) is 0 Å². The largest absolute Gasteiger partial charge is 0.462 e. The number of esters is 1. The SMILES string of the molecule is CC(=O)OC1CCC2C3CC=C4C(C)(C)C(=O)CCC4(CO)C3CCC12C. The second-order valence-electron chi connectivity index (χ2n) is 10.3. The smallest absolute Gasteiger partial charge is 0.302 e. The van der Waals surface area contributed by atoms with E-state index < -0.39 is 5.41 Å². The molecule has 4 nitrogen and oxygen atoms in total. The Bertz CT molecular complexity index is 692. The number of Topliss-reactive ketones (excluding diaryl/α,β-unsaturated/α-hetero) is 1. The molecule has 0 amide bonds. The highest BCUT2D eigenvalue weighted by atomic mass is 16.5. The number of rotatable bonds is 2. The van der Waals surface area contributed by atoms with Gasteiger partial charge < -0.3 is 9.84 Å². The molecule has 0 aliphatic heterocycles. The number of allylic oxidation sites excluding steroid dienone is 1. The van der Waals surface area contributed by atoms with E-state index in [9.17, 15) is 14.7 Å². The first-order valence-corrected chi connectivity index (χ1v) is 10.7. The summed E-state index contributed by atoms with van der Waals surface area (Å²) in [5.41, 5.74) is 0.562. The van der Waals surface area contributed by atoms with Crippen LogP contribution in [0.15, 0.2) is 11.6 Å². The molecule has 4 aliphatic rings. The number of aliphatic hydroxyl groups excluding tert-OH is 1. The number of aliphatic hydroxyl groups is 1. The van der Waals surface area contributed by atoms with Crippen molar-refractivity contribution < 1.29 is 19.4 Å². The van der Waals surface area contributed by atoms with E-state index in [0.717, 1.165) is 38.5 Å². The van der Waals surface area contributed by atoms with Crippen LogP contribution in [0.25, 0.3) is 0 Å². The third-order valence-electron chi connectivity index (χ3n) is 8.95. The van der Waals surface area contributed by atoms with Crippen molar-refractivity contribution >= 4 is 11.8 Å². The monoisotopic (exact) mass is 374 g/mol. The molecule has 0 aromatic rings. The third kappa shape index (κ3) is 2.51. The van der Waals surface area contributed by atoms with E-state index >= 15 is 0 Å². The van der Waals surface area contributed by atoms with Crippen molar-refractivity contribution in [3.63, 3.8) is 0 Å². The number of fused-ring (bicyclic) bond motifs is 5. The van der Waals surface area contributed by atoms with Crippen LogP contribution in [0.3, 0.4) is 0 Å². The molecule has 0 aromatic heterocycles. The Morgan fingerprint density at radius 2 is 1.93 bits per heavy atom. The van der Waals surface area contributed by atoms with Gasteiger partial charge >= 0.3 is 5.97 Å². The summed E-state index contributed by atoms with van der Waals surface area (Å²) in [5, 5.41) is 10.6. The molecule has 0 aromatic carbocycles. The molecule has 27 heavy (non-hydrogen) atoms. The molecule has 0 radical (unpaired) electrons. The molecule has 3 saturated carbocycles. The first-order chi connectivity index (χ1) is 12.7. The summed E-state index contributed by atoms with van der Waals surface area (Å²) in [4.78, 5) is 24.2. The van der Waals surface area contributed by atoms with Crippen molar-refractivity contribution in [3.8, 4) is 0 Å². The van der Waals surface area contributed by atoms with E-state index in [2.05, 4.69) is 13.0 Å². The Labute approximate surface area is 162 Å². The summed E-state index contributed by atoms with van der Waals surface area (Å²) >= 11 is 0. The van der Waals surface area contributed by atoms with Crippen LogP contribution in [0.4, 0.5) is 0 Å². The summed E-state index contributed by atoms with van der Waals surface area (Å²) < 4.78 is 5.72. The molecule has 0 spiro atoms. The number of carbonyl (C=O) groups excluding carboxylic acids is 2. The quantitative estimate of drug-likeness (QED) is 0.585. The Balaban J connectivity index is 1.70. The molecule has 4 heteroatoms. The van der Waals surface area contributed by atoms with Crippen molar-refractivity contribution in [2.75, 3.05) is 6.61 Å². The van der Waals surface area contributed by atoms with Gasteiger partial charge in [-0.25, -0.2) is 0 Å². The highest BCUT2D eigenvalue weighted by molar-refractivity contribution is 5.89. The second-order valence-corrected chi connectivity index (χ2v) is 10.3. The van der Waals surface area contributed by atoms with Crippen LogP contribution in [0.1, 0.15) is 72.6 Å². The van der Waals surface area contributed by atoms with Gasteiger partial charge in [0.05, 0.1) is 6.61 Å². The zero-order valence-electron chi connectivity index (χ0n) is 17.2. The van der Waals surface area contributed by atoms with Crippen LogP contribution in [-0.2, 0) is 14.3 Å². The fourth-order valence-corrected chi connectivity index (χ4v) is 7.58. The Kier molecular flexibility index (Phi) is 4.38. The predicted molar refractivity (Wildman–Crippen MR) is 103 cm³/mol. The molecule has 0 saturated heterocycles. The molecular formula is C23H34O4. The van der Waals surface area contributed by atoms with E-state index in [0.29, 0.717) is 30.0 Å². The molecule has 0 heterocycles. The number of ether oxygens (including phenoxy) is 1. The van der Waals surface area contributed by atoms with Gasteiger partial charge in [-0.05, 0) is 70.1 Å². The van der Waals surface area contributed by atoms with E-state index in [4.69, 9.17) is 4.74 Å². The summed E-state index contributed by atoms with van der Waals surface area (Å²) in [6, 6.07) is 0. The number of hydrogen-bond donors (Lipinski definition) is 1. The average molecular weight is 375 g/mol. The van der Waals surface area contributed by atoms with E-state index in [-0.39, 0.29) is 29.5 Å². The molecule has 4 aliphatic carbocycles. The van der Waals surface area contributed by atoms with Crippen LogP contribution in [0.2, 0.25) is 0 Å². The first kappa shape index (κ1) is 19.2. The molecule has 4 rings (SSSR count).